The van der Waals surface area contributed by atoms with Crippen LogP contribution in [0.25, 0.3) is 0 Å². The summed E-state index contributed by atoms with van der Waals surface area (Å²) in [4.78, 5) is 15.8. The first-order valence-corrected chi connectivity index (χ1v) is 4.12. The number of hydrogen-bond acceptors (Lipinski definition) is 3. The monoisotopic (exact) mass is 154 g/mol. The van der Waals surface area contributed by atoms with Gasteiger partial charge in [-0.15, -0.1) is 0 Å². The van der Waals surface area contributed by atoms with Gasteiger partial charge in [0.25, 0.3) is 0 Å². The Balaban J connectivity index is 2.24. The summed E-state index contributed by atoms with van der Waals surface area (Å²) in [5.74, 6) is 0.594. The van der Waals surface area contributed by atoms with Gasteiger partial charge in [-0.05, 0) is 25.4 Å². The highest BCUT2D eigenvalue weighted by atomic mass is 16.1. The van der Waals surface area contributed by atoms with Crippen molar-refractivity contribution >= 4 is 6.08 Å². The van der Waals surface area contributed by atoms with Gasteiger partial charge in [0.2, 0.25) is 6.08 Å². The Morgan fingerprint density at radius 3 is 3.09 bits per heavy atom. The van der Waals surface area contributed by atoms with Crippen LogP contribution in [0.4, 0.5) is 0 Å². The molecule has 3 nitrogen and oxygen atoms in total. The van der Waals surface area contributed by atoms with Gasteiger partial charge in [0.05, 0.1) is 6.54 Å². The molecule has 1 fully saturated rings. The zero-order valence-electron chi connectivity index (χ0n) is 6.92. The molecule has 62 valence electrons. The Kier molecular flexibility index (Phi) is 3.27. The van der Waals surface area contributed by atoms with E-state index >= 15 is 0 Å². The first-order valence-electron chi connectivity index (χ1n) is 4.12. The van der Waals surface area contributed by atoms with Crippen LogP contribution in [0.3, 0.4) is 0 Å². The molecule has 0 aromatic carbocycles. The summed E-state index contributed by atoms with van der Waals surface area (Å²) >= 11 is 0. The minimum Gasteiger partial charge on any atom is -0.303 e. The van der Waals surface area contributed by atoms with Crippen LogP contribution in [0.5, 0.6) is 0 Å². The molecule has 0 saturated carbocycles. The van der Waals surface area contributed by atoms with E-state index in [0.29, 0.717) is 12.5 Å². The Labute approximate surface area is 67.1 Å². The lowest BCUT2D eigenvalue weighted by Gasteiger charge is -2.10. The van der Waals surface area contributed by atoms with Crippen LogP contribution < -0.4 is 0 Å². The second-order valence-electron chi connectivity index (χ2n) is 2.98. The number of nitrogens with zero attached hydrogens (tertiary/aromatic N) is 2. The molecule has 1 aliphatic heterocycles. The van der Waals surface area contributed by atoms with Crippen molar-refractivity contribution in [2.75, 3.05) is 26.2 Å². The van der Waals surface area contributed by atoms with E-state index in [-0.39, 0.29) is 0 Å². The maximum Gasteiger partial charge on any atom is 0.234 e. The van der Waals surface area contributed by atoms with Gasteiger partial charge in [-0.25, -0.2) is 9.79 Å². The molecule has 11 heavy (non-hydrogen) atoms. The van der Waals surface area contributed by atoms with Crippen molar-refractivity contribution in [2.24, 2.45) is 10.9 Å². The summed E-state index contributed by atoms with van der Waals surface area (Å²) in [6.45, 7) is 6.20. The molecule has 1 saturated heterocycles. The maximum atomic E-state index is 9.81. The van der Waals surface area contributed by atoms with E-state index in [2.05, 4.69) is 16.8 Å². The van der Waals surface area contributed by atoms with E-state index in [4.69, 9.17) is 0 Å². The number of likely N-dealkylation sites (tertiary alicyclic amines) is 1. The van der Waals surface area contributed by atoms with Crippen molar-refractivity contribution in [3.8, 4) is 0 Å². The Morgan fingerprint density at radius 1 is 1.73 bits per heavy atom. The standard InChI is InChI=1S/C8H14N2O/c1-2-10-4-3-8(6-10)5-9-7-11/h8H,2-6H2,1H3. The molecule has 0 amide bonds. The van der Waals surface area contributed by atoms with Gasteiger partial charge in [0.15, 0.2) is 0 Å². The van der Waals surface area contributed by atoms with Crippen molar-refractivity contribution in [2.45, 2.75) is 13.3 Å². The summed E-state index contributed by atoms with van der Waals surface area (Å²) < 4.78 is 0. The van der Waals surface area contributed by atoms with Crippen LogP contribution in [0.15, 0.2) is 4.99 Å². The molecule has 0 aromatic rings. The Morgan fingerprint density at radius 2 is 2.55 bits per heavy atom. The zero-order chi connectivity index (χ0) is 8.10. The minimum absolute atomic E-state index is 0.594. The van der Waals surface area contributed by atoms with Crippen LogP contribution >= 0.6 is 0 Å². The molecule has 0 spiro atoms. The lowest BCUT2D eigenvalue weighted by Crippen LogP contribution is -2.20. The second kappa shape index (κ2) is 4.27. The number of isocyanates is 1. The van der Waals surface area contributed by atoms with Gasteiger partial charge in [-0.2, -0.15) is 0 Å². The highest BCUT2D eigenvalue weighted by Gasteiger charge is 2.20. The Bertz CT molecular complexity index is 163. The van der Waals surface area contributed by atoms with Crippen LogP contribution in [0, 0.1) is 5.92 Å². The third-order valence-corrected chi connectivity index (χ3v) is 2.23. The highest BCUT2D eigenvalue weighted by molar-refractivity contribution is 5.32. The molecule has 3 heteroatoms. The smallest absolute Gasteiger partial charge is 0.234 e. The van der Waals surface area contributed by atoms with E-state index in [1.807, 2.05) is 0 Å². The molecule has 0 aliphatic carbocycles. The highest BCUT2D eigenvalue weighted by Crippen LogP contribution is 2.15. The lowest BCUT2D eigenvalue weighted by atomic mass is 10.1. The SMILES string of the molecule is CCN1CCC(CN=C=O)C1. The number of carbonyl (C=O) groups excluding carboxylic acids is 1. The fourth-order valence-corrected chi connectivity index (χ4v) is 1.52. The van der Waals surface area contributed by atoms with Gasteiger partial charge < -0.3 is 4.90 Å². The van der Waals surface area contributed by atoms with Gasteiger partial charge >= 0.3 is 0 Å². The van der Waals surface area contributed by atoms with E-state index < -0.39 is 0 Å². The van der Waals surface area contributed by atoms with Crippen molar-refractivity contribution in [1.29, 1.82) is 0 Å². The molecule has 1 heterocycles. The van der Waals surface area contributed by atoms with Crippen molar-refractivity contribution in [1.82, 2.24) is 4.90 Å². The second-order valence-corrected chi connectivity index (χ2v) is 2.98. The van der Waals surface area contributed by atoms with Crippen LogP contribution in [-0.4, -0.2) is 37.2 Å². The molecule has 0 N–H and O–H groups in total. The summed E-state index contributed by atoms with van der Waals surface area (Å²) in [5.41, 5.74) is 0. The summed E-state index contributed by atoms with van der Waals surface area (Å²) in [6.07, 6.45) is 2.76. The topological polar surface area (TPSA) is 32.7 Å². The molecular weight excluding hydrogens is 140 g/mol. The van der Waals surface area contributed by atoms with Crippen LogP contribution in [0.1, 0.15) is 13.3 Å². The van der Waals surface area contributed by atoms with Crippen molar-refractivity contribution in [3.63, 3.8) is 0 Å². The Hall–Kier alpha value is -0.660. The average Bonchev–Trinajstić information content (AvgIpc) is 2.48. The lowest BCUT2D eigenvalue weighted by molar-refractivity contribution is 0.343. The van der Waals surface area contributed by atoms with Crippen LogP contribution in [-0.2, 0) is 4.79 Å². The fourth-order valence-electron chi connectivity index (χ4n) is 1.52. The number of aliphatic imine (C=N–C) groups is 1. The molecule has 0 aromatic heterocycles. The largest absolute Gasteiger partial charge is 0.303 e. The van der Waals surface area contributed by atoms with E-state index in [1.165, 1.54) is 6.42 Å². The summed E-state index contributed by atoms with van der Waals surface area (Å²) in [7, 11) is 0. The first-order chi connectivity index (χ1) is 5.36. The predicted octanol–water partition coefficient (Wildman–Crippen LogP) is 0.664. The molecule has 0 bridgehead atoms. The molecule has 1 unspecified atom stereocenters. The number of hydrogen-bond donors (Lipinski definition) is 0. The first kappa shape index (κ1) is 8.44. The normalized spacial score (nSPS) is 25.0. The zero-order valence-corrected chi connectivity index (χ0v) is 6.92. The maximum absolute atomic E-state index is 9.81. The minimum atomic E-state index is 0.594. The van der Waals surface area contributed by atoms with Gasteiger partial charge in [0.1, 0.15) is 0 Å². The van der Waals surface area contributed by atoms with Crippen LogP contribution in [0.2, 0.25) is 0 Å². The average molecular weight is 154 g/mol. The molecular formula is C8H14N2O. The summed E-state index contributed by atoms with van der Waals surface area (Å²) in [5, 5.41) is 0. The van der Waals surface area contributed by atoms with Crippen molar-refractivity contribution in [3.05, 3.63) is 0 Å². The summed E-state index contributed by atoms with van der Waals surface area (Å²) in [6, 6.07) is 0. The molecule has 0 radical (unpaired) electrons. The van der Waals surface area contributed by atoms with Crippen molar-refractivity contribution < 1.29 is 4.79 Å². The molecule has 1 rings (SSSR count). The van der Waals surface area contributed by atoms with Gasteiger partial charge in [0, 0.05) is 6.54 Å². The molecule has 1 atom stereocenters. The number of rotatable bonds is 3. The third-order valence-electron chi connectivity index (χ3n) is 2.23. The quantitative estimate of drug-likeness (QED) is 0.442. The third kappa shape index (κ3) is 2.45. The predicted molar refractivity (Wildman–Crippen MR) is 43.2 cm³/mol. The molecule has 1 aliphatic rings. The van der Waals surface area contributed by atoms with E-state index in [0.717, 1.165) is 19.6 Å². The van der Waals surface area contributed by atoms with Gasteiger partial charge in [-0.3, -0.25) is 0 Å². The van der Waals surface area contributed by atoms with E-state index in [9.17, 15) is 4.79 Å². The van der Waals surface area contributed by atoms with Gasteiger partial charge in [-0.1, -0.05) is 6.92 Å². The fraction of sp³-hybridized carbons (Fsp3) is 0.875. The van der Waals surface area contributed by atoms with E-state index in [1.54, 1.807) is 6.08 Å².